The van der Waals surface area contributed by atoms with Crippen LogP contribution in [0.25, 0.3) is 0 Å². The molecule has 4 heteroatoms. The minimum Gasteiger partial charge on any atom is -0.505 e. The predicted octanol–water partition coefficient (Wildman–Crippen LogP) is 2.24. The summed E-state index contributed by atoms with van der Waals surface area (Å²) in [5.41, 5.74) is 0. The second-order valence-corrected chi connectivity index (χ2v) is 2.84. The van der Waals surface area contributed by atoms with Gasteiger partial charge in [0.05, 0.1) is 0 Å². The van der Waals surface area contributed by atoms with Gasteiger partial charge in [-0.25, -0.2) is 4.39 Å². The van der Waals surface area contributed by atoms with Crippen molar-refractivity contribution in [2.24, 2.45) is 0 Å². The lowest BCUT2D eigenvalue weighted by molar-refractivity contribution is -0.134. The van der Waals surface area contributed by atoms with Crippen molar-refractivity contribution in [3.8, 4) is 11.5 Å². The summed E-state index contributed by atoms with van der Waals surface area (Å²) in [5, 5.41) is 8.87. The number of ether oxygens (including phenoxy) is 1. The average molecular weight is 198 g/mol. The second-order valence-electron chi connectivity index (χ2n) is 2.84. The zero-order valence-electron chi connectivity index (χ0n) is 7.79. The lowest BCUT2D eigenvalue weighted by Crippen LogP contribution is -2.06. The molecule has 1 aromatic carbocycles. The van der Waals surface area contributed by atoms with Crippen molar-refractivity contribution in [2.45, 2.75) is 19.8 Å². The van der Waals surface area contributed by atoms with Crippen LogP contribution in [0.5, 0.6) is 11.5 Å². The molecular formula is C10H11FO3. The molecule has 0 aromatic heterocycles. The number of halogens is 1. The first kappa shape index (κ1) is 10.5. The topological polar surface area (TPSA) is 46.5 Å². The molecule has 76 valence electrons. The number of phenolic OH excluding ortho intramolecular Hbond substituents is 1. The van der Waals surface area contributed by atoms with E-state index >= 15 is 0 Å². The Kier molecular flexibility index (Phi) is 3.45. The minimum atomic E-state index is -0.799. The molecule has 0 saturated heterocycles. The maximum absolute atomic E-state index is 12.8. The Hall–Kier alpha value is -1.58. The summed E-state index contributed by atoms with van der Waals surface area (Å²) >= 11 is 0. The minimum absolute atomic E-state index is 0.110. The molecule has 0 aliphatic rings. The first-order valence-corrected chi connectivity index (χ1v) is 4.32. The fraction of sp³-hybridized carbons (Fsp3) is 0.300. The molecule has 1 rings (SSSR count). The van der Waals surface area contributed by atoms with Gasteiger partial charge in [0, 0.05) is 12.5 Å². The van der Waals surface area contributed by atoms with Gasteiger partial charge in [-0.3, -0.25) is 4.79 Å². The lowest BCUT2D eigenvalue weighted by Gasteiger charge is -2.03. The van der Waals surface area contributed by atoms with Crippen molar-refractivity contribution < 1.29 is 19.0 Å². The van der Waals surface area contributed by atoms with Gasteiger partial charge in [-0.2, -0.15) is 0 Å². The van der Waals surface area contributed by atoms with Gasteiger partial charge < -0.3 is 9.84 Å². The summed E-state index contributed by atoms with van der Waals surface area (Å²) in [5.74, 6) is -1.55. The Morgan fingerprint density at radius 3 is 2.86 bits per heavy atom. The molecule has 0 saturated carbocycles. The normalized spacial score (nSPS) is 9.86. The van der Waals surface area contributed by atoms with E-state index < -0.39 is 17.5 Å². The maximum atomic E-state index is 12.8. The van der Waals surface area contributed by atoms with Crippen LogP contribution in [0.4, 0.5) is 4.39 Å². The number of phenols is 1. The molecule has 1 N–H and O–H groups in total. The van der Waals surface area contributed by atoms with Crippen LogP contribution in [-0.4, -0.2) is 11.1 Å². The highest BCUT2D eigenvalue weighted by Crippen LogP contribution is 2.21. The highest BCUT2D eigenvalue weighted by Gasteiger charge is 2.06. The predicted molar refractivity (Wildman–Crippen MR) is 48.6 cm³/mol. The third-order valence-electron chi connectivity index (χ3n) is 1.60. The molecular weight excluding hydrogens is 187 g/mol. The van der Waals surface area contributed by atoms with Gasteiger partial charge in [-0.15, -0.1) is 0 Å². The largest absolute Gasteiger partial charge is 0.505 e. The lowest BCUT2D eigenvalue weighted by atomic mass is 10.3. The highest BCUT2D eigenvalue weighted by molar-refractivity contribution is 5.72. The second kappa shape index (κ2) is 4.60. The Labute approximate surface area is 81.1 Å². The van der Waals surface area contributed by atoms with E-state index in [1.54, 1.807) is 0 Å². The first-order valence-electron chi connectivity index (χ1n) is 4.32. The number of rotatable bonds is 3. The van der Waals surface area contributed by atoms with Crippen LogP contribution in [0.2, 0.25) is 0 Å². The molecule has 0 amide bonds. The Balaban J connectivity index is 2.68. The molecule has 0 heterocycles. The highest BCUT2D eigenvalue weighted by atomic mass is 19.1. The summed E-state index contributed by atoms with van der Waals surface area (Å²) < 4.78 is 17.6. The monoisotopic (exact) mass is 198 g/mol. The summed E-state index contributed by atoms with van der Waals surface area (Å²) in [7, 11) is 0. The molecule has 0 unspecified atom stereocenters. The van der Waals surface area contributed by atoms with Gasteiger partial charge in [0.15, 0.2) is 11.6 Å². The van der Waals surface area contributed by atoms with Crippen LogP contribution in [0.15, 0.2) is 18.2 Å². The van der Waals surface area contributed by atoms with E-state index in [4.69, 9.17) is 9.84 Å². The number of hydrogen-bond donors (Lipinski definition) is 1. The van der Waals surface area contributed by atoms with E-state index in [2.05, 4.69) is 0 Å². The molecule has 1 aromatic rings. The average Bonchev–Trinajstić information content (AvgIpc) is 2.12. The molecule has 0 radical (unpaired) electrons. The van der Waals surface area contributed by atoms with Crippen LogP contribution in [-0.2, 0) is 4.79 Å². The SMILES string of the molecule is CCCC(=O)Oc1ccc(O)c(F)c1. The molecule has 0 aliphatic heterocycles. The van der Waals surface area contributed by atoms with Gasteiger partial charge in [-0.1, -0.05) is 6.92 Å². The zero-order chi connectivity index (χ0) is 10.6. The molecule has 14 heavy (non-hydrogen) atoms. The van der Waals surface area contributed by atoms with E-state index in [0.29, 0.717) is 12.8 Å². The molecule has 0 atom stereocenters. The number of hydrogen-bond acceptors (Lipinski definition) is 3. The number of carbonyl (C=O) groups is 1. The number of esters is 1. The van der Waals surface area contributed by atoms with Gasteiger partial charge in [0.25, 0.3) is 0 Å². The van der Waals surface area contributed by atoms with E-state index in [0.717, 1.165) is 12.1 Å². The van der Waals surface area contributed by atoms with E-state index in [1.807, 2.05) is 6.92 Å². The van der Waals surface area contributed by atoms with Crippen LogP contribution < -0.4 is 4.74 Å². The number of carbonyl (C=O) groups excluding carboxylic acids is 1. The van der Waals surface area contributed by atoms with Gasteiger partial charge in [0.2, 0.25) is 0 Å². The van der Waals surface area contributed by atoms with Crippen molar-refractivity contribution in [1.29, 1.82) is 0 Å². The van der Waals surface area contributed by atoms with Crippen molar-refractivity contribution in [2.75, 3.05) is 0 Å². The van der Waals surface area contributed by atoms with Gasteiger partial charge in [-0.05, 0) is 18.6 Å². The summed E-state index contributed by atoms with van der Waals surface area (Å²) in [6.07, 6.45) is 0.974. The smallest absolute Gasteiger partial charge is 0.311 e. The first-order chi connectivity index (χ1) is 6.63. The third-order valence-corrected chi connectivity index (χ3v) is 1.60. The van der Waals surface area contributed by atoms with Crippen molar-refractivity contribution in [3.05, 3.63) is 24.0 Å². The van der Waals surface area contributed by atoms with E-state index in [-0.39, 0.29) is 5.75 Å². The van der Waals surface area contributed by atoms with E-state index in [1.165, 1.54) is 6.07 Å². The fourth-order valence-electron chi connectivity index (χ4n) is 0.938. The number of aromatic hydroxyl groups is 1. The molecule has 3 nitrogen and oxygen atoms in total. The number of benzene rings is 1. The van der Waals surface area contributed by atoms with Crippen molar-refractivity contribution in [1.82, 2.24) is 0 Å². The molecule has 0 aliphatic carbocycles. The standard InChI is InChI=1S/C10H11FO3/c1-2-3-10(13)14-7-4-5-9(12)8(11)6-7/h4-6,12H,2-3H2,1H3. The summed E-state index contributed by atoms with van der Waals surface area (Å²) in [6.45, 7) is 1.85. The quantitative estimate of drug-likeness (QED) is 0.598. The van der Waals surface area contributed by atoms with Crippen molar-refractivity contribution in [3.63, 3.8) is 0 Å². The summed E-state index contributed by atoms with van der Waals surface area (Å²) in [6, 6.07) is 3.46. The van der Waals surface area contributed by atoms with Gasteiger partial charge in [0.1, 0.15) is 5.75 Å². The Morgan fingerprint density at radius 2 is 2.29 bits per heavy atom. The molecule has 0 fully saturated rings. The summed E-state index contributed by atoms with van der Waals surface area (Å²) in [4.78, 5) is 11.0. The fourth-order valence-corrected chi connectivity index (χ4v) is 0.938. The van der Waals surface area contributed by atoms with Gasteiger partial charge >= 0.3 is 5.97 Å². The van der Waals surface area contributed by atoms with Crippen LogP contribution in [0.1, 0.15) is 19.8 Å². The Morgan fingerprint density at radius 1 is 1.57 bits per heavy atom. The van der Waals surface area contributed by atoms with Crippen LogP contribution >= 0.6 is 0 Å². The molecule has 0 bridgehead atoms. The van der Waals surface area contributed by atoms with Crippen molar-refractivity contribution >= 4 is 5.97 Å². The maximum Gasteiger partial charge on any atom is 0.311 e. The Bertz CT molecular complexity index is 336. The van der Waals surface area contributed by atoms with Crippen LogP contribution in [0.3, 0.4) is 0 Å². The van der Waals surface area contributed by atoms with E-state index in [9.17, 15) is 9.18 Å². The zero-order valence-corrected chi connectivity index (χ0v) is 7.79. The molecule has 0 spiro atoms. The van der Waals surface area contributed by atoms with Crippen LogP contribution in [0, 0.1) is 5.82 Å². The third kappa shape index (κ3) is 2.73.